The van der Waals surface area contributed by atoms with Crippen LogP contribution in [0.5, 0.6) is 11.5 Å². The highest BCUT2D eigenvalue weighted by Gasteiger charge is 2.33. The Bertz CT molecular complexity index is 736. The molecule has 24 heavy (non-hydrogen) atoms. The number of hydrogen-bond donors (Lipinski definition) is 0. The summed E-state index contributed by atoms with van der Waals surface area (Å²) in [5.74, 6) is 2.34. The maximum atomic E-state index is 12.9. The second-order valence-corrected chi connectivity index (χ2v) is 6.96. The number of thioether (sulfide) groups is 1. The fraction of sp³-hybridized carbons (Fsp3) is 0.278. The minimum atomic E-state index is -0.0750. The molecule has 0 aromatic heterocycles. The van der Waals surface area contributed by atoms with Crippen LogP contribution >= 0.6 is 23.4 Å². The van der Waals surface area contributed by atoms with E-state index in [4.69, 9.17) is 21.1 Å². The molecule has 1 saturated heterocycles. The Hall–Kier alpha value is -1.85. The average Bonchev–Trinajstić information content (AvgIpc) is 3.10. The number of carbonyl (C=O) groups is 1. The maximum absolute atomic E-state index is 12.9. The molecule has 1 amide bonds. The van der Waals surface area contributed by atoms with Crippen LogP contribution in [0.25, 0.3) is 0 Å². The molecular weight excluding hydrogens is 346 g/mol. The van der Waals surface area contributed by atoms with Gasteiger partial charge in [0.1, 0.15) is 16.9 Å². The minimum Gasteiger partial charge on any atom is -0.497 e. The first-order chi connectivity index (χ1) is 11.6. The monoisotopic (exact) mass is 363 g/mol. The molecule has 3 rings (SSSR count). The van der Waals surface area contributed by atoms with E-state index >= 15 is 0 Å². The maximum Gasteiger partial charge on any atom is 0.255 e. The molecule has 1 heterocycles. The highest BCUT2D eigenvalue weighted by molar-refractivity contribution is 7.99. The number of benzene rings is 2. The first kappa shape index (κ1) is 17.0. The van der Waals surface area contributed by atoms with Gasteiger partial charge in [-0.3, -0.25) is 4.79 Å². The molecule has 2 aromatic carbocycles. The topological polar surface area (TPSA) is 38.8 Å². The molecule has 126 valence electrons. The summed E-state index contributed by atoms with van der Waals surface area (Å²) in [5, 5.41) is 0.546. The van der Waals surface area contributed by atoms with E-state index in [0.717, 1.165) is 22.8 Å². The number of ether oxygens (including phenoxy) is 2. The Morgan fingerprint density at radius 3 is 2.58 bits per heavy atom. The van der Waals surface area contributed by atoms with Crippen LogP contribution in [0.1, 0.15) is 21.3 Å². The van der Waals surface area contributed by atoms with Gasteiger partial charge >= 0.3 is 0 Å². The smallest absolute Gasteiger partial charge is 0.255 e. The molecule has 0 aliphatic carbocycles. The van der Waals surface area contributed by atoms with Crippen LogP contribution in [0.15, 0.2) is 42.5 Å². The van der Waals surface area contributed by atoms with Crippen LogP contribution in [0.2, 0.25) is 5.02 Å². The van der Waals surface area contributed by atoms with Crippen molar-refractivity contribution in [3.8, 4) is 11.5 Å². The van der Waals surface area contributed by atoms with Crippen LogP contribution in [-0.2, 0) is 0 Å². The number of hydrogen-bond acceptors (Lipinski definition) is 4. The molecule has 1 unspecified atom stereocenters. The molecule has 0 bridgehead atoms. The molecule has 6 heteroatoms. The van der Waals surface area contributed by atoms with Crippen molar-refractivity contribution in [1.82, 2.24) is 4.90 Å². The number of rotatable bonds is 4. The third kappa shape index (κ3) is 3.32. The summed E-state index contributed by atoms with van der Waals surface area (Å²) in [6.07, 6.45) is 0. The van der Waals surface area contributed by atoms with Crippen LogP contribution < -0.4 is 9.47 Å². The van der Waals surface area contributed by atoms with E-state index in [0.29, 0.717) is 17.1 Å². The van der Waals surface area contributed by atoms with Gasteiger partial charge in [0.15, 0.2) is 0 Å². The van der Waals surface area contributed by atoms with Gasteiger partial charge in [0.05, 0.1) is 14.2 Å². The lowest BCUT2D eigenvalue weighted by Gasteiger charge is -2.25. The molecule has 1 atom stereocenters. The zero-order valence-corrected chi connectivity index (χ0v) is 15.1. The lowest BCUT2D eigenvalue weighted by Crippen LogP contribution is -2.30. The summed E-state index contributed by atoms with van der Waals surface area (Å²) in [6.45, 7) is 0.700. The Kier molecular flexibility index (Phi) is 5.21. The summed E-state index contributed by atoms with van der Waals surface area (Å²) in [7, 11) is 3.25. The lowest BCUT2D eigenvalue weighted by molar-refractivity contribution is 0.0759. The molecule has 2 aromatic rings. The molecule has 4 nitrogen and oxygen atoms in total. The molecule has 0 N–H and O–H groups in total. The molecular formula is C18H18ClNO3S. The van der Waals surface area contributed by atoms with Crippen molar-refractivity contribution in [2.75, 3.05) is 26.5 Å². The SMILES string of the molecule is COc1ccc(C2SCCN2C(=O)c2ccc(Cl)cc2)c(OC)c1. The molecule has 0 saturated carbocycles. The number of nitrogens with zero attached hydrogens (tertiary/aromatic N) is 1. The normalized spacial score (nSPS) is 17.0. The second-order valence-electron chi connectivity index (χ2n) is 5.34. The highest BCUT2D eigenvalue weighted by atomic mass is 35.5. The fourth-order valence-corrected chi connectivity index (χ4v) is 4.12. The van der Waals surface area contributed by atoms with Crippen molar-refractivity contribution in [2.24, 2.45) is 0 Å². The van der Waals surface area contributed by atoms with Gasteiger partial charge < -0.3 is 14.4 Å². The van der Waals surface area contributed by atoms with E-state index in [1.54, 1.807) is 50.2 Å². The predicted octanol–water partition coefficient (Wildman–Crippen LogP) is 4.25. The standard InChI is InChI=1S/C18H18ClNO3S/c1-22-14-7-8-15(16(11-14)23-2)18-20(9-10-24-18)17(21)12-3-5-13(19)6-4-12/h3-8,11,18H,9-10H2,1-2H3. The first-order valence-corrected chi connectivity index (χ1v) is 8.97. The fourth-order valence-electron chi connectivity index (χ4n) is 2.72. The molecule has 0 spiro atoms. The van der Waals surface area contributed by atoms with Crippen LogP contribution in [0, 0.1) is 0 Å². The Balaban J connectivity index is 1.90. The van der Waals surface area contributed by atoms with Crippen molar-refractivity contribution < 1.29 is 14.3 Å². The largest absolute Gasteiger partial charge is 0.497 e. The quantitative estimate of drug-likeness (QED) is 0.814. The number of halogens is 1. The van der Waals surface area contributed by atoms with E-state index in [9.17, 15) is 4.79 Å². The van der Waals surface area contributed by atoms with Crippen molar-refractivity contribution in [2.45, 2.75) is 5.37 Å². The molecule has 0 radical (unpaired) electrons. The molecule has 1 aliphatic heterocycles. The van der Waals surface area contributed by atoms with Crippen LogP contribution in [-0.4, -0.2) is 37.3 Å². The summed E-state index contributed by atoms with van der Waals surface area (Å²) in [4.78, 5) is 14.7. The van der Waals surface area contributed by atoms with E-state index < -0.39 is 0 Å². The highest BCUT2D eigenvalue weighted by Crippen LogP contribution is 2.43. The van der Waals surface area contributed by atoms with Crippen molar-refractivity contribution in [3.05, 3.63) is 58.6 Å². The van der Waals surface area contributed by atoms with Gasteiger partial charge in [0.2, 0.25) is 0 Å². The number of amides is 1. The van der Waals surface area contributed by atoms with E-state index in [1.807, 2.05) is 23.1 Å². The third-order valence-corrected chi connectivity index (χ3v) is 5.44. The Morgan fingerprint density at radius 2 is 1.92 bits per heavy atom. The van der Waals surface area contributed by atoms with E-state index in [2.05, 4.69) is 0 Å². The van der Waals surface area contributed by atoms with Crippen LogP contribution in [0.4, 0.5) is 0 Å². The predicted molar refractivity (Wildman–Crippen MR) is 97.2 cm³/mol. The summed E-state index contributed by atoms with van der Waals surface area (Å²) < 4.78 is 10.8. The van der Waals surface area contributed by atoms with Crippen molar-refractivity contribution in [1.29, 1.82) is 0 Å². The van der Waals surface area contributed by atoms with Gasteiger partial charge in [-0.15, -0.1) is 11.8 Å². The van der Waals surface area contributed by atoms with Gasteiger partial charge in [0.25, 0.3) is 5.91 Å². The zero-order valence-electron chi connectivity index (χ0n) is 13.5. The average molecular weight is 364 g/mol. The third-order valence-electron chi connectivity index (χ3n) is 3.95. The lowest BCUT2D eigenvalue weighted by atomic mass is 10.1. The minimum absolute atomic E-state index is 0.000428. The Morgan fingerprint density at radius 1 is 1.17 bits per heavy atom. The Labute approximate surface area is 150 Å². The summed E-state index contributed by atoms with van der Waals surface area (Å²) in [5.41, 5.74) is 1.61. The van der Waals surface area contributed by atoms with Crippen molar-refractivity contribution >= 4 is 29.3 Å². The summed E-state index contributed by atoms with van der Waals surface area (Å²) in [6, 6.07) is 12.7. The van der Waals surface area contributed by atoms with E-state index in [1.165, 1.54) is 0 Å². The van der Waals surface area contributed by atoms with Gasteiger partial charge in [-0.1, -0.05) is 11.6 Å². The zero-order chi connectivity index (χ0) is 17.1. The number of carbonyl (C=O) groups excluding carboxylic acids is 1. The van der Waals surface area contributed by atoms with E-state index in [-0.39, 0.29) is 11.3 Å². The van der Waals surface area contributed by atoms with Gasteiger partial charge in [-0.25, -0.2) is 0 Å². The van der Waals surface area contributed by atoms with Crippen LogP contribution in [0.3, 0.4) is 0 Å². The molecule has 1 fully saturated rings. The van der Waals surface area contributed by atoms with Gasteiger partial charge in [0, 0.05) is 34.5 Å². The first-order valence-electron chi connectivity index (χ1n) is 7.54. The molecule has 1 aliphatic rings. The van der Waals surface area contributed by atoms with Crippen molar-refractivity contribution in [3.63, 3.8) is 0 Å². The van der Waals surface area contributed by atoms with Gasteiger partial charge in [-0.05, 0) is 36.4 Å². The van der Waals surface area contributed by atoms with Gasteiger partial charge in [-0.2, -0.15) is 0 Å². The second kappa shape index (κ2) is 7.36. The number of methoxy groups -OCH3 is 2. The summed E-state index contributed by atoms with van der Waals surface area (Å²) >= 11 is 7.64.